The Kier molecular flexibility index (Phi) is 7.68. The summed E-state index contributed by atoms with van der Waals surface area (Å²) in [5.74, 6) is 0.755. The van der Waals surface area contributed by atoms with Gasteiger partial charge in [0.1, 0.15) is 12.4 Å². The van der Waals surface area contributed by atoms with Gasteiger partial charge in [-0.15, -0.1) is 11.3 Å². The molecule has 3 aromatic rings. The standard InChI is InChI=1S/C20H22ClN3O4S2/c1-30(26,27)24-18-10-15(4-7-17(18)21)20(25)11-22-8-9-28-16-5-2-14(3-6-16)19-12-29-13-23-19/h2-7,10,12-13,20,22,24-25H,8-9,11H2,1H3. The molecule has 0 fully saturated rings. The molecule has 1 unspecified atom stereocenters. The molecule has 0 aliphatic rings. The maximum atomic E-state index is 11.4. The summed E-state index contributed by atoms with van der Waals surface area (Å²) in [6.07, 6.45) is 0.223. The van der Waals surface area contributed by atoms with Crippen molar-refractivity contribution in [3.8, 4) is 17.0 Å². The second-order valence-corrected chi connectivity index (χ2v) is 9.45. The highest BCUT2D eigenvalue weighted by molar-refractivity contribution is 7.92. The Labute approximate surface area is 184 Å². The predicted octanol–water partition coefficient (Wildman–Crippen LogP) is 3.54. The number of rotatable bonds is 10. The van der Waals surface area contributed by atoms with Crippen LogP contribution in [0, 0.1) is 0 Å². The van der Waals surface area contributed by atoms with E-state index in [2.05, 4.69) is 15.0 Å². The van der Waals surface area contributed by atoms with Crippen LogP contribution in [0.2, 0.25) is 5.02 Å². The first-order valence-electron chi connectivity index (χ1n) is 9.09. The van der Waals surface area contributed by atoms with Gasteiger partial charge in [0.2, 0.25) is 10.0 Å². The number of hydrogen-bond acceptors (Lipinski definition) is 7. The van der Waals surface area contributed by atoms with Gasteiger partial charge in [-0.3, -0.25) is 4.72 Å². The number of halogens is 1. The van der Waals surface area contributed by atoms with E-state index in [0.29, 0.717) is 18.7 Å². The average molecular weight is 468 g/mol. The average Bonchev–Trinajstić information content (AvgIpc) is 3.23. The Morgan fingerprint density at radius 3 is 2.67 bits per heavy atom. The van der Waals surface area contributed by atoms with Crippen LogP contribution in [0.5, 0.6) is 5.75 Å². The van der Waals surface area contributed by atoms with Gasteiger partial charge in [-0.2, -0.15) is 0 Å². The van der Waals surface area contributed by atoms with Crippen molar-refractivity contribution < 1.29 is 18.3 Å². The number of sulfonamides is 1. The van der Waals surface area contributed by atoms with Gasteiger partial charge in [-0.1, -0.05) is 17.7 Å². The van der Waals surface area contributed by atoms with Gasteiger partial charge in [0.25, 0.3) is 0 Å². The van der Waals surface area contributed by atoms with Crippen LogP contribution >= 0.6 is 22.9 Å². The molecule has 1 aromatic heterocycles. The number of aliphatic hydroxyl groups is 1. The van der Waals surface area contributed by atoms with Crippen molar-refractivity contribution >= 4 is 38.6 Å². The third kappa shape index (κ3) is 6.68. The molecule has 0 aliphatic heterocycles. The molecule has 0 saturated carbocycles. The second kappa shape index (κ2) is 10.2. The number of nitrogens with one attached hydrogen (secondary N) is 2. The number of anilines is 1. The third-order valence-corrected chi connectivity index (χ3v) is 5.64. The van der Waals surface area contributed by atoms with Gasteiger partial charge in [0, 0.05) is 24.0 Å². The van der Waals surface area contributed by atoms with Crippen molar-refractivity contribution in [3.05, 3.63) is 63.9 Å². The first-order chi connectivity index (χ1) is 14.3. The zero-order valence-electron chi connectivity index (χ0n) is 16.2. The largest absolute Gasteiger partial charge is 0.492 e. The molecule has 160 valence electrons. The van der Waals surface area contributed by atoms with Crippen LogP contribution in [0.3, 0.4) is 0 Å². The van der Waals surface area contributed by atoms with Gasteiger partial charge in [-0.25, -0.2) is 13.4 Å². The molecule has 10 heteroatoms. The summed E-state index contributed by atoms with van der Waals surface area (Å²) in [4.78, 5) is 4.27. The van der Waals surface area contributed by atoms with Crippen molar-refractivity contribution in [1.82, 2.24) is 10.3 Å². The van der Waals surface area contributed by atoms with E-state index in [-0.39, 0.29) is 17.3 Å². The summed E-state index contributed by atoms with van der Waals surface area (Å²) in [6.45, 7) is 1.25. The zero-order chi connectivity index (χ0) is 21.6. The fourth-order valence-corrected chi connectivity index (χ4v) is 4.05. The zero-order valence-corrected chi connectivity index (χ0v) is 18.6. The van der Waals surface area contributed by atoms with E-state index in [4.69, 9.17) is 16.3 Å². The van der Waals surface area contributed by atoms with E-state index in [1.165, 1.54) is 6.07 Å². The number of aromatic nitrogens is 1. The molecule has 30 heavy (non-hydrogen) atoms. The molecule has 3 rings (SSSR count). The number of thiazole rings is 1. The number of nitrogens with zero attached hydrogens (tertiary/aromatic N) is 1. The summed E-state index contributed by atoms with van der Waals surface area (Å²) in [6, 6.07) is 12.4. The normalized spacial score (nSPS) is 12.5. The second-order valence-electron chi connectivity index (χ2n) is 6.58. The third-order valence-electron chi connectivity index (χ3n) is 4.14. The van der Waals surface area contributed by atoms with Crippen molar-refractivity contribution in [2.75, 3.05) is 30.7 Å². The fraction of sp³-hybridized carbons (Fsp3) is 0.250. The summed E-state index contributed by atoms with van der Waals surface area (Å²) in [5, 5.41) is 15.7. The minimum atomic E-state index is -3.46. The van der Waals surface area contributed by atoms with Crippen LogP contribution in [0.15, 0.2) is 53.4 Å². The lowest BCUT2D eigenvalue weighted by atomic mass is 10.1. The SMILES string of the molecule is CS(=O)(=O)Nc1cc(C(O)CNCCOc2ccc(-c3cscn3)cc2)ccc1Cl. The molecule has 0 spiro atoms. The van der Waals surface area contributed by atoms with Crippen molar-refractivity contribution in [3.63, 3.8) is 0 Å². The molecular formula is C20H22ClN3O4S2. The highest BCUT2D eigenvalue weighted by Crippen LogP contribution is 2.26. The first-order valence-corrected chi connectivity index (χ1v) is 12.3. The fourth-order valence-electron chi connectivity index (χ4n) is 2.70. The van der Waals surface area contributed by atoms with Gasteiger partial charge in [0.05, 0.1) is 34.3 Å². The smallest absolute Gasteiger partial charge is 0.229 e. The summed E-state index contributed by atoms with van der Waals surface area (Å²) >= 11 is 7.56. The molecule has 0 bridgehead atoms. The molecule has 2 aromatic carbocycles. The maximum absolute atomic E-state index is 11.4. The topological polar surface area (TPSA) is 101 Å². The molecule has 7 nitrogen and oxygen atoms in total. The number of aliphatic hydroxyl groups excluding tert-OH is 1. The predicted molar refractivity (Wildman–Crippen MR) is 121 cm³/mol. The lowest BCUT2D eigenvalue weighted by Gasteiger charge is -2.15. The quantitative estimate of drug-likeness (QED) is 0.394. The molecular weight excluding hydrogens is 446 g/mol. The monoisotopic (exact) mass is 467 g/mol. The van der Waals surface area contributed by atoms with Crippen molar-refractivity contribution in [2.45, 2.75) is 6.10 Å². The van der Waals surface area contributed by atoms with Gasteiger partial charge in [0.15, 0.2) is 0 Å². The minimum absolute atomic E-state index is 0.236. The van der Waals surface area contributed by atoms with Crippen LogP contribution < -0.4 is 14.8 Å². The Morgan fingerprint density at radius 1 is 1.23 bits per heavy atom. The summed E-state index contributed by atoms with van der Waals surface area (Å²) in [5.41, 5.74) is 4.57. The minimum Gasteiger partial charge on any atom is -0.492 e. The number of hydrogen-bond donors (Lipinski definition) is 3. The molecule has 0 radical (unpaired) electrons. The highest BCUT2D eigenvalue weighted by atomic mass is 35.5. The Hall–Kier alpha value is -2.17. The van der Waals surface area contributed by atoms with E-state index < -0.39 is 16.1 Å². The van der Waals surface area contributed by atoms with Crippen molar-refractivity contribution in [2.24, 2.45) is 0 Å². The van der Waals surface area contributed by atoms with Gasteiger partial charge in [-0.05, 0) is 42.0 Å². The van der Waals surface area contributed by atoms with Crippen LogP contribution in [-0.4, -0.2) is 44.5 Å². The molecule has 3 N–H and O–H groups in total. The highest BCUT2D eigenvalue weighted by Gasteiger charge is 2.12. The van der Waals surface area contributed by atoms with E-state index in [9.17, 15) is 13.5 Å². The van der Waals surface area contributed by atoms with E-state index >= 15 is 0 Å². The van der Waals surface area contributed by atoms with Crippen LogP contribution in [-0.2, 0) is 10.0 Å². The summed E-state index contributed by atoms with van der Waals surface area (Å²) in [7, 11) is -3.46. The Balaban J connectivity index is 1.43. The van der Waals surface area contributed by atoms with Crippen LogP contribution in [0.4, 0.5) is 5.69 Å². The first kappa shape index (κ1) is 22.5. The molecule has 1 atom stereocenters. The molecule has 0 saturated heterocycles. The molecule has 0 amide bonds. The number of ether oxygens (including phenoxy) is 1. The van der Waals surface area contributed by atoms with E-state index in [1.807, 2.05) is 29.6 Å². The Morgan fingerprint density at radius 2 is 2.00 bits per heavy atom. The lowest BCUT2D eigenvalue weighted by Crippen LogP contribution is -2.26. The van der Waals surface area contributed by atoms with E-state index in [0.717, 1.165) is 23.3 Å². The summed E-state index contributed by atoms with van der Waals surface area (Å²) < 4.78 is 30.9. The maximum Gasteiger partial charge on any atom is 0.229 e. The molecule has 1 heterocycles. The van der Waals surface area contributed by atoms with Crippen LogP contribution in [0.1, 0.15) is 11.7 Å². The number of benzene rings is 2. The van der Waals surface area contributed by atoms with Gasteiger partial charge < -0.3 is 15.2 Å². The molecule has 0 aliphatic carbocycles. The van der Waals surface area contributed by atoms with E-state index in [1.54, 1.807) is 29.0 Å². The van der Waals surface area contributed by atoms with Gasteiger partial charge >= 0.3 is 0 Å². The van der Waals surface area contributed by atoms with Crippen molar-refractivity contribution in [1.29, 1.82) is 0 Å². The Bertz CT molecular complexity index is 1060. The lowest BCUT2D eigenvalue weighted by molar-refractivity contribution is 0.172. The van der Waals surface area contributed by atoms with Crippen LogP contribution in [0.25, 0.3) is 11.3 Å².